The lowest BCUT2D eigenvalue weighted by Crippen LogP contribution is -2.34. The number of hydrogen-bond donors (Lipinski definition) is 1. The molecule has 0 radical (unpaired) electrons. The highest BCUT2D eigenvalue weighted by Gasteiger charge is 2.03. The molecule has 0 heterocycles. The monoisotopic (exact) mass is 220 g/mol. The van der Waals surface area contributed by atoms with E-state index in [4.69, 9.17) is 19.9 Å². The molecule has 5 heteroatoms. The molecule has 0 fully saturated rings. The summed E-state index contributed by atoms with van der Waals surface area (Å²) in [6.07, 6.45) is 0. The predicted octanol–water partition coefficient (Wildman–Crippen LogP) is -0.443. The van der Waals surface area contributed by atoms with Crippen LogP contribution in [0, 0.1) is 0 Å². The maximum Gasteiger partial charge on any atom is 0.0594 e. The summed E-state index contributed by atoms with van der Waals surface area (Å²) in [6.45, 7) is 6.11. The molecule has 0 aliphatic carbocycles. The molecular weight excluding hydrogens is 196 g/mol. The van der Waals surface area contributed by atoms with Crippen molar-refractivity contribution in [3.63, 3.8) is 0 Å². The van der Waals surface area contributed by atoms with Gasteiger partial charge in [0, 0.05) is 40.4 Å². The molecule has 0 atom stereocenters. The van der Waals surface area contributed by atoms with Gasteiger partial charge in [0.2, 0.25) is 0 Å². The maximum absolute atomic E-state index is 5.33. The van der Waals surface area contributed by atoms with Gasteiger partial charge in [-0.2, -0.15) is 0 Å². The zero-order chi connectivity index (χ0) is 11.4. The molecule has 0 aromatic carbocycles. The first-order valence-corrected chi connectivity index (χ1v) is 5.33. The van der Waals surface area contributed by atoms with Gasteiger partial charge < -0.3 is 19.9 Å². The molecule has 0 aromatic rings. The number of nitrogens with two attached hydrogens (primary N) is 1. The Morgan fingerprint density at radius 3 is 1.87 bits per heavy atom. The molecule has 0 rings (SSSR count). The summed E-state index contributed by atoms with van der Waals surface area (Å²) in [7, 11) is 3.42. The third-order valence-electron chi connectivity index (χ3n) is 2.04. The van der Waals surface area contributed by atoms with E-state index in [9.17, 15) is 0 Å². The van der Waals surface area contributed by atoms with Gasteiger partial charge in [0.05, 0.1) is 26.4 Å². The van der Waals surface area contributed by atoms with Gasteiger partial charge in [0.25, 0.3) is 0 Å². The molecule has 0 aromatic heterocycles. The van der Waals surface area contributed by atoms with E-state index in [2.05, 4.69) is 4.90 Å². The zero-order valence-electron chi connectivity index (χ0n) is 9.91. The molecule has 15 heavy (non-hydrogen) atoms. The van der Waals surface area contributed by atoms with Gasteiger partial charge in [-0.15, -0.1) is 0 Å². The summed E-state index contributed by atoms with van der Waals surface area (Å²) >= 11 is 0. The van der Waals surface area contributed by atoms with Crippen LogP contribution in [-0.4, -0.2) is 71.7 Å². The fourth-order valence-corrected chi connectivity index (χ4v) is 1.16. The fourth-order valence-electron chi connectivity index (χ4n) is 1.16. The Hall–Kier alpha value is -0.200. The standard InChI is InChI=1S/C10H24N2O3/c1-13-8-4-12(5-9-14-2)6-10-15-7-3-11/h3-11H2,1-2H3. The lowest BCUT2D eigenvalue weighted by atomic mass is 10.4. The third-order valence-corrected chi connectivity index (χ3v) is 2.04. The van der Waals surface area contributed by atoms with E-state index < -0.39 is 0 Å². The van der Waals surface area contributed by atoms with Crippen molar-refractivity contribution in [1.29, 1.82) is 0 Å². The predicted molar refractivity (Wildman–Crippen MR) is 60.1 cm³/mol. The Morgan fingerprint density at radius 2 is 1.40 bits per heavy atom. The van der Waals surface area contributed by atoms with E-state index in [0.29, 0.717) is 19.8 Å². The van der Waals surface area contributed by atoms with Crippen LogP contribution >= 0.6 is 0 Å². The lowest BCUT2D eigenvalue weighted by molar-refractivity contribution is 0.0754. The Labute approximate surface area is 92.5 Å². The van der Waals surface area contributed by atoms with Gasteiger partial charge in [-0.1, -0.05) is 0 Å². The van der Waals surface area contributed by atoms with Gasteiger partial charge in [-0.25, -0.2) is 0 Å². The molecule has 0 saturated heterocycles. The minimum absolute atomic E-state index is 0.580. The second kappa shape index (κ2) is 11.9. The first-order chi connectivity index (χ1) is 7.35. The smallest absolute Gasteiger partial charge is 0.0594 e. The minimum Gasteiger partial charge on any atom is -0.383 e. The minimum atomic E-state index is 0.580. The highest BCUT2D eigenvalue weighted by Crippen LogP contribution is 1.89. The number of nitrogens with zero attached hydrogens (tertiary/aromatic N) is 1. The van der Waals surface area contributed by atoms with E-state index in [-0.39, 0.29) is 0 Å². The van der Waals surface area contributed by atoms with E-state index in [0.717, 1.165) is 32.8 Å². The third kappa shape index (κ3) is 10.1. The molecule has 0 spiro atoms. The molecule has 92 valence electrons. The van der Waals surface area contributed by atoms with Crippen molar-refractivity contribution in [3.8, 4) is 0 Å². The van der Waals surface area contributed by atoms with E-state index in [1.807, 2.05) is 0 Å². The second-order valence-electron chi connectivity index (χ2n) is 3.23. The first-order valence-electron chi connectivity index (χ1n) is 5.33. The SMILES string of the molecule is COCCN(CCOC)CCOCCN. The summed E-state index contributed by atoms with van der Waals surface area (Å²) in [5, 5.41) is 0. The molecule has 0 amide bonds. The summed E-state index contributed by atoms with van der Waals surface area (Å²) in [6, 6.07) is 0. The Morgan fingerprint density at radius 1 is 0.867 bits per heavy atom. The molecule has 0 bridgehead atoms. The van der Waals surface area contributed by atoms with E-state index in [1.165, 1.54) is 0 Å². The summed E-state index contributed by atoms with van der Waals surface area (Å²) in [5.41, 5.74) is 5.33. The first kappa shape index (κ1) is 14.8. The number of methoxy groups -OCH3 is 2. The van der Waals surface area contributed by atoms with E-state index in [1.54, 1.807) is 14.2 Å². The van der Waals surface area contributed by atoms with Crippen molar-refractivity contribution in [1.82, 2.24) is 4.90 Å². The van der Waals surface area contributed by atoms with Crippen molar-refractivity contribution >= 4 is 0 Å². The molecule has 2 N–H and O–H groups in total. The molecule has 5 nitrogen and oxygen atoms in total. The van der Waals surface area contributed by atoms with Crippen molar-refractivity contribution in [2.75, 3.05) is 66.8 Å². The summed E-state index contributed by atoms with van der Waals surface area (Å²) < 4.78 is 15.4. The Balaban J connectivity index is 3.49. The Kier molecular flexibility index (Phi) is 11.7. The van der Waals surface area contributed by atoms with Crippen LogP contribution in [0.15, 0.2) is 0 Å². The maximum atomic E-state index is 5.33. The van der Waals surface area contributed by atoms with Crippen LogP contribution in [0.2, 0.25) is 0 Å². The van der Waals surface area contributed by atoms with Gasteiger partial charge >= 0.3 is 0 Å². The number of ether oxygens (including phenoxy) is 3. The average molecular weight is 220 g/mol. The van der Waals surface area contributed by atoms with Crippen LogP contribution in [0.3, 0.4) is 0 Å². The van der Waals surface area contributed by atoms with Crippen LogP contribution in [-0.2, 0) is 14.2 Å². The van der Waals surface area contributed by atoms with Crippen LogP contribution in [0.1, 0.15) is 0 Å². The van der Waals surface area contributed by atoms with Crippen LogP contribution in [0.4, 0.5) is 0 Å². The van der Waals surface area contributed by atoms with Crippen molar-refractivity contribution in [2.45, 2.75) is 0 Å². The van der Waals surface area contributed by atoms with Crippen molar-refractivity contribution < 1.29 is 14.2 Å². The average Bonchev–Trinajstić information content (AvgIpc) is 2.27. The topological polar surface area (TPSA) is 57.0 Å². The number of hydrogen-bond acceptors (Lipinski definition) is 5. The largest absolute Gasteiger partial charge is 0.383 e. The quantitative estimate of drug-likeness (QED) is 0.478. The highest BCUT2D eigenvalue weighted by molar-refractivity contribution is 4.56. The lowest BCUT2D eigenvalue weighted by Gasteiger charge is -2.21. The van der Waals surface area contributed by atoms with Gasteiger partial charge in [-0.05, 0) is 0 Å². The van der Waals surface area contributed by atoms with E-state index >= 15 is 0 Å². The van der Waals surface area contributed by atoms with Gasteiger partial charge in [0.1, 0.15) is 0 Å². The van der Waals surface area contributed by atoms with Crippen molar-refractivity contribution in [3.05, 3.63) is 0 Å². The zero-order valence-corrected chi connectivity index (χ0v) is 9.91. The van der Waals surface area contributed by atoms with Gasteiger partial charge in [-0.3, -0.25) is 4.90 Å². The number of rotatable bonds is 11. The molecule has 0 saturated carbocycles. The summed E-state index contributed by atoms with van der Waals surface area (Å²) in [5.74, 6) is 0. The Bertz CT molecular complexity index is 117. The highest BCUT2D eigenvalue weighted by atomic mass is 16.5. The molecule has 0 aliphatic rings. The summed E-state index contributed by atoms with van der Waals surface area (Å²) in [4.78, 5) is 2.25. The molecule has 0 aliphatic heterocycles. The van der Waals surface area contributed by atoms with Gasteiger partial charge in [0.15, 0.2) is 0 Å². The van der Waals surface area contributed by atoms with Crippen molar-refractivity contribution in [2.24, 2.45) is 5.73 Å². The molecular formula is C10H24N2O3. The molecule has 0 unspecified atom stereocenters. The second-order valence-corrected chi connectivity index (χ2v) is 3.23. The van der Waals surface area contributed by atoms with Crippen LogP contribution in [0.5, 0.6) is 0 Å². The van der Waals surface area contributed by atoms with Crippen LogP contribution < -0.4 is 5.73 Å². The van der Waals surface area contributed by atoms with Crippen LogP contribution in [0.25, 0.3) is 0 Å². The normalized spacial score (nSPS) is 11.2. The fraction of sp³-hybridized carbons (Fsp3) is 1.00.